The van der Waals surface area contributed by atoms with Gasteiger partial charge in [0.1, 0.15) is 17.7 Å². The summed E-state index contributed by atoms with van der Waals surface area (Å²) in [4.78, 5) is 41.4. The van der Waals surface area contributed by atoms with Crippen molar-refractivity contribution in [2.45, 2.75) is 73.1 Å². The van der Waals surface area contributed by atoms with Crippen molar-refractivity contribution >= 4 is 35.2 Å². The molecule has 0 fully saturated rings. The predicted octanol–water partition coefficient (Wildman–Crippen LogP) is 5.95. The zero-order valence-electron chi connectivity index (χ0n) is 22.7. The van der Waals surface area contributed by atoms with Crippen molar-refractivity contribution in [2.75, 3.05) is 12.4 Å². The van der Waals surface area contributed by atoms with Gasteiger partial charge >= 0.3 is 6.09 Å². The molecule has 0 spiro atoms. The van der Waals surface area contributed by atoms with Gasteiger partial charge in [-0.15, -0.1) is 0 Å². The molecule has 2 aromatic rings. The first-order valence-electron chi connectivity index (χ1n) is 12.0. The lowest BCUT2D eigenvalue weighted by Gasteiger charge is -2.33. The maximum atomic E-state index is 13.8. The lowest BCUT2D eigenvalue weighted by Crippen LogP contribution is -2.53. The number of carbonyl (C=O) groups excluding carboxylic acids is 3. The molecule has 2 N–H and O–H groups in total. The van der Waals surface area contributed by atoms with Gasteiger partial charge < -0.3 is 20.3 Å². The molecule has 36 heavy (non-hydrogen) atoms. The van der Waals surface area contributed by atoms with Crippen LogP contribution in [0, 0.1) is 26.7 Å². The van der Waals surface area contributed by atoms with Gasteiger partial charge in [-0.25, -0.2) is 4.79 Å². The van der Waals surface area contributed by atoms with Crippen molar-refractivity contribution in [3.63, 3.8) is 0 Å². The molecular weight excluding hydrogens is 478 g/mol. The maximum Gasteiger partial charge on any atom is 0.408 e. The molecule has 0 heterocycles. The number of hydrogen-bond donors (Lipinski definition) is 2. The van der Waals surface area contributed by atoms with Gasteiger partial charge in [-0.1, -0.05) is 61.3 Å². The summed E-state index contributed by atoms with van der Waals surface area (Å²) < 4.78 is 5.37. The molecule has 7 nitrogen and oxygen atoms in total. The van der Waals surface area contributed by atoms with Gasteiger partial charge in [0.25, 0.3) is 5.91 Å². The van der Waals surface area contributed by atoms with Crippen LogP contribution >= 0.6 is 11.6 Å². The van der Waals surface area contributed by atoms with Crippen LogP contribution in [0.4, 0.5) is 10.5 Å². The van der Waals surface area contributed by atoms with Crippen molar-refractivity contribution in [3.05, 3.63) is 63.7 Å². The van der Waals surface area contributed by atoms with E-state index in [9.17, 15) is 14.4 Å². The monoisotopic (exact) mass is 515 g/mol. The van der Waals surface area contributed by atoms with Crippen LogP contribution in [0.5, 0.6) is 0 Å². The number of benzene rings is 2. The van der Waals surface area contributed by atoms with E-state index < -0.39 is 35.6 Å². The highest BCUT2D eigenvalue weighted by Gasteiger charge is 2.36. The van der Waals surface area contributed by atoms with E-state index >= 15 is 0 Å². The number of rotatable bonds is 7. The zero-order chi connectivity index (χ0) is 27.4. The number of amides is 3. The number of carbonyl (C=O) groups is 3. The Morgan fingerprint density at radius 2 is 1.64 bits per heavy atom. The molecule has 0 saturated heterocycles. The van der Waals surface area contributed by atoms with Crippen LogP contribution in [-0.2, 0) is 14.3 Å². The van der Waals surface area contributed by atoms with Crippen LogP contribution in [0.2, 0.25) is 5.02 Å². The van der Waals surface area contributed by atoms with Gasteiger partial charge in [0, 0.05) is 7.05 Å². The Bertz CT molecular complexity index is 1100. The number of aryl methyl sites for hydroxylation is 3. The van der Waals surface area contributed by atoms with E-state index in [1.807, 2.05) is 58.9 Å². The first-order valence-corrected chi connectivity index (χ1v) is 12.4. The van der Waals surface area contributed by atoms with Crippen molar-refractivity contribution in [3.8, 4) is 0 Å². The Morgan fingerprint density at radius 3 is 2.19 bits per heavy atom. The molecule has 2 aromatic carbocycles. The Morgan fingerprint density at radius 1 is 1.00 bits per heavy atom. The molecular formula is C28H38ClN3O4. The van der Waals surface area contributed by atoms with E-state index in [4.69, 9.17) is 16.3 Å². The third-order valence-corrected chi connectivity index (χ3v) is 6.10. The Labute approximate surface area is 219 Å². The molecule has 2 atom stereocenters. The number of ether oxygens (including phenoxy) is 1. The number of halogens is 1. The van der Waals surface area contributed by atoms with Crippen molar-refractivity contribution in [2.24, 2.45) is 5.92 Å². The number of anilines is 1. The molecule has 3 amide bonds. The summed E-state index contributed by atoms with van der Waals surface area (Å²) in [6.45, 7) is 14.6. The molecule has 0 bridgehead atoms. The second-order valence-corrected chi connectivity index (χ2v) is 10.9. The summed E-state index contributed by atoms with van der Waals surface area (Å²) in [5, 5.41) is 6.02. The quantitative estimate of drug-likeness (QED) is 0.476. The van der Waals surface area contributed by atoms with Gasteiger partial charge in [-0.3, -0.25) is 9.59 Å². The van der Waals surface area contributed by atoms with E-state index in [0.717, 1.165) is 16.7 Å². The van der Waals surface area contributed by atoms with Gasteiger partial charge in [-0.2, -0.15) is 0 Å². The van der Waals surface area contributed by atoms with Crippen molar-refractivity contribution in [1.29, 1.82) is 0 Å². The van der Waals surface area contributed by atoms with E-state index in [1.54, 1.807) is 40.0 Å². The van der Waals surface area contributed by atoms with E-state index in [1.165, 1.54) is 4.90 Å². The number of para-hydroxylation sites is 1. The van der Waals surface area contributed by atoms with Crippen LogP contribution in [0.15, 0.2) is 36.4 Å². The Balaban J connectivity index is 2.48. The second-order valence-electron chi connectivity index (χ2n) is 10.5. The largest absolute Gasteiger partial charge is 0.444 e. The summed E-state index contributed by atoms with van der Waals surface area (Å²) in [6, 6.07) is 9.27. The molecule has 0 aliphatic heterocycles. The average Bonchev–Trinajstić information content (AvgIpc) is 2.75. The Hall–Kier alpha value is -3.06. The molecule has 0 aromatic heterocycles. The molecule has 0 aliphatic rings. The highest BCUT2D eigenvalue weighted by molar-refractivity contribution is 6.34. The summed E-state index contributed by atoms with van der Waals surface area (Å²) >= 11 is 6.37. The number of nitrogens with zero attached hydrogens (tertiary/aromatic N) is 1. The maximum absolute atomic E-state index is 13.8. The number of alkyl carbamates (subject to hydrolysis) is 1. The fourth-order valence-corrected chi connectivity index (χ4v) is 4.13. The third-order valence-electron chi connectivity index (χ3n) is 5.79. The summed E-state index contributed by atoms with van der Waals surface area (Å²) in [6.07, 6.45) is -0.692. The fourth-order valence-electron chi connectivity index (χ4n) is 3.86. The molecule has 2 rings (SSSR count). The summed E-state index contributed by atoms with van der Waals surface area (Å²) in [5.74, 6) is -1.07. The number of nitrogens with one attached hydrogen (secondary N) is 2. The first kappa shape index (κ1) is 29.2. The van der Waals surface area contributed by atoms with Crippen LogP contribution in [0.3, 0.4) is 0 Å². The molecule has 0 saturated carbocycles. The molecule has 2 unspecified atom stereocenters. The van der Waals surface area contributed by atoms with E-state index in [0.29, 0.717) is 16.3 Å². The lowest BCUT2D eigenvalue weighted by atomic mass is 9.95. The smallest absolute Gasteiger partial charge is 0.408 e. The van der Waals surface area contributed by atoms with Crippen molar-refractivity contribution in [1.82, 2.24) is 10.2 Å². The van der Waals surface area contributed by atoms with Crippen molar-refractivity contribution < 1.29 is 19.1 Å². The summed E-state index contributed by atoms with van der Waals surface area (Å²) in [5.41, 5.74) is 3.08. The molecule has 0 aliphatic carbocycles. The summed E-state index contributed by atoms with van der Waals surface area (Å²) in [7, 11) is 1.57. The highest BCUT2D eigenvalue weighted by atomic mass is 35.5. The Kier molecular flexibility index (Phi) is 9.55. The van der Waals surface area contributed by atoms with Gasteiger partial charge in [0.05, 0.1) is 10.7 Å². The minimum Gasteiger partial charge on any atom is -0.444 e. The van der Waals surface area contributed by atoms with Gasteiger partial charge in [0.15, 0.2) is 0 Å². The first-order chi connectivity index (χ1) is 16.6. The van der Waals surface area contributed by atoms with Gasteiger partial charge in [0.2, 0.25) is 5.91 Å². The SMILES string of the molecule is Cc1ccc(C)c(C(C(=O)Nc2c(C)cccc2Cl)N(C)C(=O)C(NC(=O)OC(C)(C)C)C(C)C)c1. The topological polar surface area (TPSA) is 87.7 Å². The fraction of sp³-hybridized carbons (Fsp3) is 0.464. The zero-order valence-corrected chi connectivity index (χ0v) is 23.4. The minimum atomic E-state index is -0.963. The minimum absolute atomic E-state index is 0.249. The van der Waals surface area contributed by atoms with Gasteiger partial charge in [-0.05, 0) is 70.2 Å². The molecule has 8 heteroatoms. The number of hydrogen-bond acceptors (Lipinski definition) is 4. The van der Waals surface area contributed by atoms with Crippen LogP contribution in [-0.4, -0.2) is 41.5 Å². The van der Waals surface area contributed by atoms with E-state index in [2.05, 4.69) is 10.6 Å². The third kappa shape index (κ3) is 7.47. The van der Waals surface area contributed by atoms with Crippen LogP contribution in [0.25, 0.3) is 0 Å². The number of likely N-dealkylation sites (N-methyl/N-ethyl adjacent to an activating group) is 1. The standard InChI is InChI=1S/C28H38ClN3O4/c1-16(2)22(31-27(35)36-28(6,7)8)26(34)32(9)24(20-15-17(3)13-14-18(20)4)25(33)30-23-19(5)11-10-12-21(23)29/h10-16,22,24H,1-9H3,(H,30,33)(H,31,35). The normalized spacial score (nSPS) is 13.1. The highest BCUT2D eigenvalue weighted by Crippen LogP contribution is 2.30. The van der Waals surface area contributed by atoms with E-state index in [-0.39, 0.29) is 5.92 Å². The van der Waals surface area contributed by atoms with Crippen LogP contribution in [0.1, 0.15) is 62.9 Å². The second kappa shape index (κ2) is 11.8. The lowest BCUT2D eigenvalue weighted by molar-refractivity contribution is -0.140. The molecule has 196 valence electrons. The van der Waals surface area contributed by atoms with Crippen LogP contribution < -0.4 is 10.6 Å². The molecule has 0 radical (unpaired) electrons. The average molecular weight is 516 g/mol. The predicted molar refractivity (Wildman–Crippen MR) is 144 cm³/mol.